The summed E-state index contributed by atoms with van der Waals surface area (Å²) in [6.07, 6.45) is 1.46. The zero-order chi connectivity index (χ0) is 11.1. The SMILES string of the molecule is O=C(O)COc1cccc(CCCO)c1. The molecule has 0 spiro atoms. The van der Waals surface area contributed by atoms with Crippen molar-refractivity contribution < 1.29 is 19.7 Å². The summed E-state index contributed by atoms with van der Waals surface area (Å²) >= 11 is 0. The Morgan fingerprint density at radius 2 is 2.20 bits per heavy atom. The summed E-state index contributed by atoms with van der Waals surface area (Å²) in [6.45, 7) is -0.177. The van der Waals surface area contributed by atoms with E-state index in [1.54, 1.807) is 12.1 Å². The molecule has 0 aliphatic heterocycles. The van der Waals surface area contributed by atoms with Gasteiger partial charge in [-0.3, -0.25) is 0 Å². The number of aliphatic hydroxyl groups is 1. The Balaban J connectivity index is 2.53. The first kappa shape index (κ1) is 11.5. The summed E-state index contributed by atoms with van der Waals surface area (Å²) < 4.78 is 5.03. The van der Waals surface area contributed by atoms with Crippen molar-refractivity contribution in [1.29, 1.82) is 0 Å². The van der Waals surface area contributed by atoms with E-state index in [1.165, 1.54) is 0 Å². The third-order valence-corrected chi connectivity index (χ3v) is 1.88. The molecule has 0 fully saturated rings. The normalized spacial score (nSPS) is 9.93. The Morgan fingerprint density at radius 3 is 2.87 bits per heavy atom. The van der Waals surface area contributed by atoms with Crippen LogP contribution in [-0.2, 0) is 11.2 Å². The van der Waals surface area contributed by atoms with Gasteiger partial charge in [-0.2, -0.15) is 0 Å². The van der Waals surface area contributed by atoms with Crippen LogP contribution in [0.15, 0.2) is 24.3 Å². The van der Waals surface area contributed by atoms with Crippen molar-refractivity contribution in [3.05, 3.63) is 29.8 Å². The van der Waals surface area contributed by atoms with Crippen LogP contribution in [0, 0.1) is 0 Å². The summed E-state index contributed by atoms with van der Waals surface area (Å²) in [7, 11) is 0. The van der Waals surface area contributed by atoms with Crippen LogP contribution in [0.2, 0.25) is 0 Å². The quantitative estimate of drug-likeness (QED) is 0.737. The van der Waals surface area contributed by atoms with E-state index in [0.29, 0.717) is 12.2 Å². The number of aryl methyl sites for hydroxylation is 1. The minimum absolute atomic E-state index is 0.153. The van der Waals surface area contributed by atoms with E-state index in [4.69, 9.17) is 14.9 Å². The average molecular weight is 210 g/mol. The molecule has 1 aromatic rings. The number of carboxylic acids is 1. The molecular weight excluding hydrogens is 196 g/mol. The first-order chi connectivity index (χ1) is 7.22. The fraction of sp³-hybridized carbons (Fsp3) is 0.364. The molecule has 0 atom stereocenters. The maximum Gasteiger partial charge on any atom is 0.341 e. The van der Waals surface area contributed by atoms with E-state index >= 15 is 0 Å². The highest BCUT2D eigenvalue weighted by Crippen LogP contribution is 2.14. The number of aliphatic carboxylic acids is 1. The van der Waals surface area contributed by atoms with Crippen molar-refractivity contribution in [3.63, 3.8) is 0 Å². The molecule has 0 aromatic heterocycles. The van der Waals surface area contributed by atoms with E-state index in [2.05, 4.69) is 0 Å². The van der Waals surface area contributed by atoms with Gasteiger partial charge >= 0.3 is 5.97 Å². The number of ether oxygens (including phenoxy) is 1. The molecular formula is C11H14O4. The third-order valence-electron chi connectivity index (χ3n) is 1.88. The van der Waals surface area contributed by atoms with Crippen LogP contribution in [-0.4, -0.2) is 29.4 Å². The minimum atomic E-state index is -0.990. The molecule has 0 aliphatic rings. The summed E-state index contributed by atoms with van der Waals surface area (Å²) in [5.41, 5.74) is 1.03. The molecule has 1 aromatic carbocycles. The predicted octanol–water partition coefficient (Wildman–Crippen LogP) is 1.07. The fourth-order valence-electron chi connectivity index (χ4n) is 1.22. The first-order valence-corrected chi connectivity index (χ1v) is 4.77. The molecule has 0 bridgehead atoms. The largest absolute Gasteiger partial charge is 0.482 e. The van der Waals surface area contributed by atoms with E-state index in [0.717, 1.165) is 12.0 Å². The third kappa shape index (κ3) is 4.46. The van der Waals surface area contributed by atoms with E-state index < -0.39 is 5.97 Å². The number of hydrogen-bond acceptors (Lipinski definition) is 3. The summed E-state index contributed by atoms with van der Waals surface area (Å²) in [5, 5.41) is 17.1. The molecule has 82 valence electrons. The Hall–Kier alpha value is -1.55. The highest BCUT2D eigenvalue weighted by Gasteiger charge is 2.00. The van der Waals surface area contributed by atoms with Gasteiger partial charge in [0.15, 0.2) is 6.61 Å². The lowest BCUT2D eigenvalue weighted by Crippen LogP contribution is -2.09. The maximum atomic E-state index is 10.3. The molecule has 4 nitrogen and oxygen atoms in total. The van der Waals surface area contributed by atoms with E-state index in [-0.39, 0.29) is 13.2 Å². The lowest BCUT2D eigenvalue weighted by atomic mass is 10.1. The topological polar surface area (TPSA) is 66.8 Å². The Morgan fingerprint density at radius 1 is 1.40 bits per heavy atom. The van der Waals surface area contributed by atoms with Crippen molar-refractivity contribution in [3.8, 4) is 5.75 Å². The number of hydrogen-bond donors (Lipinski definition) is 2. The molecule has 0 unspecified atom stereocenters. The highest BCUT2D eigenvalue weighted by atomic mass is 16.5. The molecule has 0 saturated carbocycles. The van der Waals surface area contributed by atoms with Crippen LogP contribution < -0.4 is 4.74 Å². The van der Waals surface area contributed by atoms with Crippen molar-refractivity contribution in [2.45, 2.75) is 12.8 Å². The van der Waals surface area contributed by atoms with Gasteiger partial charge in [-0.1, -0.05) is 12.1 Å². The summed E-state index contributed by atoms with van der Waals surface area (Å²) in [5.74, 6) is -0.441. The Kier molecular flexibility index (Phi) is 4.63. The van der Waals surface area contributed by atoms with Crippen molar-refractivity contribution in [2.75, 3.05) is 13.2 Å². The van der Waals surface area contributed by atoms with Gasteiger partial charge in [0, 0.05) is 6.61 Å². The second-order valence-corrected chi connectivity index (χ2v) is 3.16. The van der Waals surface area contributed by atoms with Gasteiger partial charge in [-0.25, -0.2) is 4.79 Å². The van der Waals surface area contributed by atoms with Gasteiger partial charge in [0.25, 0.3) is 0 Å². The molecule has 2 N–H and O–H groups in total. The van der Waals surface area contributed by atoms with E-state index in [1.807, 2.05) is 12.1 Å². The number of benzene rings is 1. The maximum absolute atomic E-state index is 10.3. The predicted molar refractivity (Wildman–Crippen MR) is 55.0 cm³/mol. The molecule has 0 saturated heterocycles. The average Bonchev–Trinajstić information content (AvgIpc) is 2.24. The second kappa shape index (κ2) is 6.03. The monoisotopic (exact) mass is 210 g/mol. The Bertz CT molecular complexity index is 322. The van der Waals surface area contributed by atoms with Crippen molar-refractivity contribution >= 4 is 5.97 Å². The summed E-state index contributed by atoms with van der Waals surface area (Å²) in [6, 6.07) is 7.23. The van der Waals surface area contributed by atoms with E-state index in [9.17, 15) is 4.79 Å². The Labute approximate surface area is 88.1 Å². The standard InChI is InChI=1S/C11H14O4/c12-6-2-4-9-3-1-5-10(7-9)15-8-11(13)14/h1,3,5,7,12H,2,4,6,8H2,(H,13,14). The van der Waals surface area contributed by atoms with Crippen LogP contribution in [0.3, 0.4) is 0 Å². The van der Waals surface area contributed by atoms with Gasteiger partial charge in [-0.15, -0.1) is 0 Å². The smallest absolute Gasteiger partial charge is 0.341 e. The lowest BCUT2D eigenvalue weighted by molar-refractivity contribution is -0.139. The molecule has 0 heterocycles. The van der Waals surface area contributed by atoms with Crippen LogP contribution in [0.25, 0.3) is 0 Å². The fourth-order valence-corrected chi connectivity index (χ4v) is 1.22. The number of aliphatic hydroxyl groups excluding tert-OH is 1. The van der Waals surface area contributed by atoms with Gasteiger partial charge in [0.2, 0.25) is 0 Å². The van der Waals surface area contributed by atoms with Gasteiger partial charge in [0.1, 0.15) is 5.75 Å². The van der Waals surface area contributed by atoms with Crippen LogP contribution in [0.4, 0.5) is 0 Å². The van der Waals surface area contributed by atoms with Crippen molar-refractivity contribution in [2.24, 2.45) is 0 Å². The molecule has 4 heteroatoms. The number of rotatable bonds is 6. The highest BCUT2D eigenvalue weighted by molar-refractivity contribution is 5.68. The van der Waals surface area contributed by atoms with Gasteiger partial charge in [0.05, 0.1) is 0 Å². The molecule has 0 radical (unpaired) electrons. The summed E-state index contributed by atoms with van der Waals surface area (Å²) in [4.78, 5) is 10.3. The van der Waals surface area contributed by atoms with Crippen LogP contribution >= 0.6 is 0 Å². The molecule has 0 aliphatic carbocycles. The zero-order valence-corrected chi connectivity index (χ0v) is 8.35. The first-order valence-electron chi connectivity index (χ1n) is 4.77. The molecule has 1 rings (SSSR count). The van der Waals surface area contributed by atoms with Crippen LogP contribution in [0.5, 0.6) is 5.75 Å². The van der Waals surface area contributed by atoms with Crippen molar-refractivity contribution in [1.82, 2.24) is 0 Å². The van der Waals surface area contributed by atoms with Gasteiger partial charge in [-0.05, 0) is 30.5 Å². The minimum Gasteiger partial charge on any atom is -0.482 e. The lowest BCUT2D eigenvalue weighted by Gasteiger charge is -2.05. The zero-order valence-electron chi connectivity index (χ0n) is 8.35. The second-order valence-electron chi connectivity index (χ2n) is 3.16. The number of carbonyl (C=O) groups is 1. The van der Waals surface area contributed by atoms with Crippen LogP contribution in [0.1, 0.15) is 12.0 Å². The number of carboxylic acid groups (broad SMARTS) is 1. The molecule has 0 amide bonds. The van der Waals surface area contributed by atoms with Gasteiger partial charge < -0.3 is 14.9 Å². The molecule has 15 heavy (non-hydrogen) atoms.